The lowest BCUT2D eigenvalue weighted by Crippen LogP contribution is -2.40. The Morgan fingerprint density at radius 2 is 1.93 bits per heavy atom. The first-order valence-corrected chi connectivity index (χ1v) is 9.30. The van der Waals surface area contributed by atoms with Crippen molar-refractivity contribution in [3.63, 3.8) is 0 Å². The first-order chi connectivity index (χ1) is 13.7. The molecule has 0 atom stereocenters. The molecule has 0 spiro atoms. The summed E-state index contributed by atoms with van der Waals surface area (Å²) in [5.41, 5.74) is 0.672. The lowest BCUT2D eigenvalue weighted by atomic mass is 9.73. The molecule has 1 heterocycles. The number of nitriles is 1. The fraction of sp³-hybridized carbons (Fsp3) is 0.364. The molecular weight excluding hydrogens is 381 g/mol. The minimum atomic E-state index is -4.42. The third-order valence-electron chi connectivity index (χ3n) is 5.42. The molecule has 7 heteroatoms. The molecule has 0 aliphatic carbocycles. The molecule has 1 fully saturated rings. The van der Waals surface area contributed by atoms with Gasteiger partial charge in [-0.3, -0.25) is 4.79 Å². The molecule has 0 amide bonds. The number of Topliss-reactive ketones (excluding diaryl/α,β-unsaturated/α-hetero) is 1. The number of halogens is 3. The summed E-state index contributed by atoms with van der Waals surface area (Å²) in [6.45, 7) is 2.65. The zero-order valence-electron chi connectivity index (χ0n) is 16.0. The van der Waals surface area contributed by atoms with Gasteiger partial charge in [0.25, 0.3) is 0 Å². The minimum absolute atomic E-state index is 0.129. The Hall–Kier alpha value is -2.85. The van der Waals surface area contributed by atoms with Gasteiger partial charge in [0, 0.05) is 30.7 Å². The molecule has 3 rings (SSSR count). The molecule has 0 aromatic heterocycles. The lowest BCUT2D eigenvalue weighted by molar-refractivity contribution is -0.137. The predicted molar refractivity (Wildman–Crippen MR) is 103 cm³/mol. The van der Waals surface area contributed by atoms with Gasteiger partial charge in [-0.25, -0.2) is 0 Å². The SMILES string of the molecule is CC(=O)c1ccc(C#N)c(NCC2(c3cccc(C(F)(F)F)c3)CCOCC2)c1. The highest BCUT2D eigenvalue weighted by atomic mass is 19.4. The first-order valence-electron chi connectivity index (χ1n) is 9.30. The van der Waals surface area contributed by atoms with Crippen molar-refractivity contribution in [3.05, 3.63) is 64.7 Å². The van der Waals surface area contributed by atoms with Gasteiger partial charge in [0.1, 0.15) is 6.07 Å². The molecule has 2 aromatic rings. The van der Waals surface area contributed by atoms with E-state index in [0.29, 0.717) is 55.0 Å². The van der Waals surface area contributed by atoms with Crippen LogP contribution in [0.15, 0.2) is 42.5 Å². The van der Waals surface area contributed by atoms with E-state index in [9.17, 15) is 23.2 Å². The largest absolute Gasteiger partial charge is 0.416 e. The molecule has 2 aromatic carbocycles. The summed E-state index contributed by atoms with van der Waals surface area (Å²) >= 11 is 0. The van der Waals surface area contributed by atoms with Gasteiger partial charge in [0.2, 0.25) is 0 Å². The normalized spacial score (nSPS) is 16.1. The zero-order valence-corrected chi connectivity index (χ0v) is 16.0. The van der Waals surface area contributed by atoms with Crippen LogP contribution in [-0.2, 0) is 16.3 Å². The summed E-state index contributed by atoms with van der Waals surface area (Å²) in [6, 6.07) is 12.2. The zero-order chi connectivity index (χ0) is 21.1. The quantitative estimate of drug-likeness (QED) is 0.720. The van der Waals surface area contributed by atoms with Gasteiger partial charge in [-0.05, 0) is 49.6 Å². The topological polar surface area (TPSA) is 62.1 Å². The Labute approximate surface area is 167 Å². The van der Waals surface area contributed by atoms with Crippen LogP contribution in [0.2, 0.25) is 0 Å². The van der Waals surface area contributed by atoms with Crippen molar-refractivity contribution >= 4 is 11.5 Å². The van der Waals surface area contributed by atoms with Crippen molar-refractivity contribution in [2.24, 2.45) is 0 Å². The highest BCUT2D eigenvalue weighted by Crippen LogP contribution is 2.38. The van der Waals surface area contributed by atoms with E-state index in [4.69, 9.17) is 4.74 Å². The van der Waals surface area contributed by atoms with Crippen molar-refractivity contribution in [3.8, 4) is 6.07 Å². The fourth-order valence-corrected chi connectivity index (χ4v) is 3.63. The van der Waals surface area contributed by atoms with Crippen LogP contribution in [-0.4, -0.2) is 25.5 Å². The number of hydrogen-bond donors (Lipinski definition) is 1. The summed E-state index contributed by atoms with van der Waals surface area (Å²) < 4.78 is 45.1. The molecule has 152 valence electrons. The molecule has 29 heavy (non-hydrogen) atoms. The number of hydrogen-bond acceptors (Lipinski definition) is 4. The van der Waals surface area contributed by atoms with Gasteiger partial charge in [-0.2, -0.15) is 18.4 Å². The average molecular weight is 402 g/mol. The lowest BCUT2D eigenvalue weighted by Gasteiger charge is -2.38. The molecule has 1 saturated heterocycles. The van der Waals surface area contributed by atoms with E-state index < -0.39 is 17.2 Å². The minimum Gasteiger partial charge on any atom is -0.383 e. The summed E-state index contributed by atoms with van der Waals surface area (Å²) in [5.74, 6) is -0.129. The summed E-state index contributed by atoms with van der Waals surface area (Å²) in [5, 5.41) is 12.6. The number of alkyl halides is 3. The van der Waals surface area contributed by atoms with Gasteiger partial charge >= 0.3 is 6.18 Å². The standard InChI is InChI=1S/C22H21F3N2O2/c1-15(28)16-5-6-17(13-26)20(11-16)27-14-21(7-9-29-10-8-21)18-3-2-4-19(12-18)22(23,24)25/h2-6,11-12,27H,7-10,14H2,1H3. The molecule has 0 radical (unpaired) electrons. The number of nitrogens with zero attached hydrogens (tertiary/aromatic N) is 1. The summed E-state index contributed by atoms with van der Waals surface area (Å²) in [6.07, 6.45) is -3.31. The van der Waals surface area contributed by atoms with Crippen molar-refractivity contribution < 1.29 is 22.7 Å². The Morgan fingerprint density at radius 3 is 2.55 bits per heavy atom. The number of ketones is 1. The third-order valence-corrected chi connectivity index (χ3v) is 5.42. The highest BCUT2D eigenvalue weighted by molar-refractivity contribution is 5.95. The van der Waals surface area contributed by atoms with E-state index in [1.807, 2.05) is 0 Å². The maximum Gasteiger partial charge on any atom is 0.416 e. The Balaban J connectivity index is 1.94. The summed E-state index contributed by atoms with van der Waals surface area (Å²) in [7, 11) is 0. The Bertz CT molecular complexity index is 942. The van der Waals surface area contributed by atoms with Crippen molar-refractivity contribution in [2.75, 3.05) is 25.1 Å². The number of carbonyl (C=O) groups is 1. The van der Waals surface area contributed by atoms with Crippen LogP contribution in [0.3, 0.4) is 0 Å². The number of carbonyl (C=O) groups excluding carboxylic acids is 1. The van der Waals surface area contributed by atoms with E-state index in [1.165, 1.54) is 19.1 Å². The maximum absolute atomic E-state index is 13.2. The number of anilines is 1. The van der Waals surface area contributed by atoms with E-state index >= 15 is 0 Å². The molecule has 1 aliphatic heterocycles. The number of rotatable bonds is 5. The fourth-order valence-electron chi connectivity index (χ4n) is 3.63. The average Bonchev–Trinajstić information content (AvgIpc) is 2.72. The second-order valence-corrected chi connectivity index (χ2v) is 7.25. The molecule has 0 unspecified atom stereocenters. The van der Waals surface area contributed by atoms with E-state index in [-0.39, 0.29) is 5.78 Å². The van der Waals surface area contributed by atoms with Crippen molar-refractivity contribution in [2.45, 2.75) is 31.4 Å². The molecule has 0 saturated carbocycles. The molecule has 4 nitrogen and oxygen atoms in total. The van der Waals surface area contributed by atoms with Crippen LogP contribution in [0.1, 0.15) is 46.8 Å². The van der Waals surface area contributed by atoms with Crippen LogP contribution >= 0.6 is 0 Å². The van der Waals surface area contributed by atoms with Crippen LogP contribution < -0.4 is 5.32 Å². The Kier molecular flexibility index (Phi) is 5.94. The van der Waals surface area contributed by atoms with Gasteiger partial charge < -0.3 is 10.1 Å². The monoisotopic (exact) mass is 402 g/mol. The van der Waals surface area contributed by atoms with Gasteiger partial charge in [0.15, 0.2) is 5.78 Å². The van der Waals surface area contributed by atoms with Crippen molar-refractivity contribution in [1.82, 2.24) is 0 Å². The second kappa shape index (κ2) is 8.26. The first kappa shape index (κ1) is 20.9. The summed E-state index contributed by atoms with van der Waals surface area (Å²) in [4.78, 5) is 11.7. The van der Waals surface area contributed by atoms with Crippen LogP contribution in [0, 0.1) is 11.3 Å². The molecular formula is C22H21F3N2O2. The van der Waals surface area contributed by atoms with E-state index in [2.05, 4.69) is 11.4 Å². The van der Waals surface area contributed by atoms with Gasteiger partial charge in [-0.1, -0.05) is 18.2 Å². The van der Waals surface area contributed by atoms with E-state index in [1.54, 1.807) is 24.3 Å². The van der Waals surface area contributed by atoms with Crippen molar-refractivity contribution in [1.29, 1.82) is 5.26 Å². The van der Waals surface area contributed by atoms with Crippen LogP contribution in [0.5, 0.6) is 0 Å². The maximum atomic E-state index is 13.2. The Morgan fingerprint density at radius 1 is 1.21 bits per heavy atom. The molecule has 1 aliphatic rings. The smallest absolute Gasteiger partial charge is 0.383 e. The van der Waals surface area contributed by atoms with Crippen LogP contribution in [0.25, 0.3) is 0 Å². The second-order valence-electron chi connectivity index (χ2n) is 7.25. The predicted octanol–water partition coefficient (Wildman–Crippen LogP) is 4.94. The number of ether oxygens (including phenoxy) is 1. The number of nitrogens with one attached hydrogen (secondary N) is 1. The highest BCUT2D eigenvalue weighted by Gasteiger charge is 2.37. The van der Waals surface area contributed by atoms with Gasteiger partial charge in [-0.15, -0.1) is 0 Å². The third kappa shape index (κ3) is 4.60. The molecule has 0 bridgehead atoms. The van der Waals surface area contributed by atoms with E-state index in [0.717, 1.165) is 6.07 Å². The van der Waals surface area contributed by atoms with Crippen LogP contribution in [0.4, 0.5) is 18.9 Å². The van der Waals surface area contributed by atoms with Gasteiger partial charge in [0.05, 0.1) is 16.8 Å². The molecule has 1 N–H and O–H groups in total. The number of benzene rings is 2.